The van der Waals surface area contributed by atoms with E-state index in [2.05, 4.69) is 0 Å². The number of ether oxygens (including phenoxy) is 4. The molecule has 0 saturated carbocycles. The minimum atomic E-state index is -1.000. The molecular formula is C10H24O4Si. The molecule has 0 aliphatic rings. The topological polar surface area (TPSA) is 36.9 Å². The molecule has 0 aliphatic heterocycles. The first-order valence-electron chi connectivity index (χ1n) is 5.70. The zero-order valence-corrected chi connectivity index (χ0v) is 12.5. The van der Waals surface area contributed by atoms with Crippen molar-refractivity contribution in [3.05, 3.63) is 0 Å². The summed E-state index contributed by atoms with van der Waals surface area (Å²) in [5, 5.41) is 0. The summed E-state index contributed by atoms with van der Waals surface area (Å²) in [5.74, 6) is -1.000. The maximum Gasteiger partial charge on any atom is 0.306 e. The van der Waals surface area contributed by atoms with E-state index < -0.39 is 5.97 Å². The van der Waals surface area contributed by atoms with Crippen LogP contribution in [0.25, 0.3) is 0 Å². The third-order valence-corrected chi connectivity index (χ3v) is 2.99. The third-order valence-electron chi connectivity index (χ3n) is 1.95. The minimum Gasteiger partial charge on any atom is -0.375 e. The van der Waals surface area contributed by atoms with E-state index in [4.69, 9.17) is 18.9 Å². The van der Waals surface area contributed by atoms with Crippen molar-refractivity contribution in [2.45, 2.75) is 39.4 Å². The van der Waals surface area contributed by atoms with Crippen LogP contribution in [0, 0.1) is 0 Å². The molecule has 0 aliphatic carbocycles. The van der Waals surface area contributed by atoms with E-state index >= 15 is 0 Å². The maximum absolute atomic E-state index is 5.59. The van der Waals surface area contributed by atoms with Crippen LogP contribution in [0.5, 0.6) is 0 Å². The highest BCUT2D eigenvalue weighted by Gasteiger charge is 2.39. The van der Waals surface area contributed by atoms with Crippen LogP contribution in [0.3, 0.4) is 0 Å². The Labute approximate surface area is 95.6 Å². The minimum absolute atomic E-state index is 0.109. The van der Waals surface area contributed by atoms with Crippen LogP contribution < -0.4 is 0 Å². The van der Waals surface area contributed by atoms with Crippen molar-refractivity contribution in [3.8, 4) is 0 Å². The zero-order valence-electron chi connectivity index (χ0n) is 10.5. The molecule has 0 N–H and O–H groups in total. The molecule has 92 valence electrons. The van der Waals surface area contributed by atoms with Gasteiger partial charge in [-0.15, -0.1) is 0 Å². The van der Waals surface area contributed by atoms with Crippen LogP contribution in [0.15, 0.2) is 0 Å². The van der Waals surface area contributed by atoms with Gasteiger partial charge in [0.05, 0.1) is 0 Å². The lowest BCUT2D eigenvalue weighted by atomic mass is 10.5. The molecule has 1 atom stereocenters. The van der Waals surface area contributed by atoms with Gasteiger partial charge in [0.2, 0.25) is 0 Å². The van der Waals surface area contributed by atoms with Crippen molar-refractivity contribution in [2.75, 3.05) is 26.4 Å². The van der Waals surface area contributed by atoms with Gasteiger partial charge in [0.15, 0.2) is 0 Å². The molecule has 15 heavy (non-hydrogen) atoms. The second kappa shape index (κ2) is 8.24. The van der Waals surface area contributed by atoms with Crippen LogP contribution in [0.1, 0.15) is 27.7 Å². The highest BCUT2D eigenvalue weighted by Crippen LogP contribution is 2.21. The lowest BCUT2D eigenvalue weighted by Gasteiger charge is -2.36. The van der Waals surface area contributed by atoms with Crippen molar-refractivity contribution in [1.29, 1.82) is 0 Å². The van der Waals surface area contributed by atoms with Crippen molar-refractivity contribution in [1.82, 2.24) is 0 Å². The van der Waals surface area contributed by atoms with Crippen molar-refractivity contribution >= 4 is 10.2 Å². The fourth-order valence-electron chi connectivity index (χ4n) is 1.43. The quantitative estimate of drug-likeness (QED) is 0.431. The molecule has 0 aromatic heterocycles. The summed E-state index contributed by atoms with van der Waals surface area (Å²) in [4.78, 5) is 0. The van der Waals surface area contributed by atoms with Crippen LogP contribution in [-0.4, -0.2) is 48.4 Å². The molecule has 4 nitrogen and oxygen atoms in total. The molecule has 0 amide bonds. The first-order chi connectivity index (χ1) is 7.16. The molecule has 0 rings (SSSR count). The van der Waals surface area contributed by atoms with Gasteiger partial charge in [-0.1, -0.05) is 0 Å². The predicted octanol–water partition coefficient (Wildman–Crippen LogP) is 0.478. The Kier molecular flexibility index (Phi) is 8.27. The van der Waals surface area contributed by atoms with Crippen molar-refractivity contribution in [2.24, 2.45) is 0 Å². The summed E-state index contributed by atoms with van der Waals surface area (Å²) < 4.78 is 22.3. The fraction of sp³-hybridized carbons (Fsp3) is 1.00. The Hall–Kier alpha value is 0.0569. The third kappa shape index (κ3) is 4.61. The highest BCUT2D eigenvalue weighted by molar-refractivity contribution is 6.11. The lowest BCUT2D eigenvalue weighted by molar-refractivity contribution is -0.400. The first-order valence-corrected chi connectivity index (χ1v) is 6.85. The zero-order chi connectivity index (χ0) is 11.7. The average molecular weight is 236 g/mol. The smallest absolute Gasteiger partial charge is 0.306 e. The standard InChI is InChI=1S/C10H24O4Si/c1-5-11-9(15)10(12-6-2,13-7-3)14-8-4/h9H,5-8H2,1-4,15H3. The van der Waals surface area contributed by atoms with Crippen molar-refractivity contribution < 1.29 is 18.9 Å². The van der Waals surface area contributed by atoms with Gasteiger partial charge in [0, 0.05) is 36.7 Å². The highest BCUT2D eigenvalue weighted by atomic mass is 28.1. The molecule has 0 spiro atoms. The van der Waals surface area contributed by atoms with Gasteiger partial charge in [0.25, 0.3) is 0 Å². The second-order valence-corrected chi connectivity index (χ2v) is 4.05. The maximum atomic E-state index is 5.59. The SMILES string of the molecule is CCOC([SiH3])C(OCC)(OCC)OCC. The summed E-state index contributed by atoms with van der Waals surface area (Å²) in [5.41, 5.74) is -0.109. The van der Waals surface area contributed by atoms with E-state index in [1.807, 2.05) is 27.7 Å². The van der Waals surface area contributed by atoms with Gasteiger partial charge in [0.1, 0.15) is 5.73 Å². The summed E-state index contributed by atoms with van der Waals surface area (Å²) >= 11 is 0. The van der Waals surface area contributed by atoms with E-state index in [0.29, 0.717) is 26.4 Å². The number of rotatable bonds is 9. The Bertz CT molecular complexity index is 137. The monoisotopic (exact) mass is 236 g/mol. The molecule has 0 fully saturated rings. The summed E-state index contributed by atoms with van der Waals surface area (Å²) in [6.45, 7) is 10.0. The lowest BCUT2D eigenvalue weighted by Crippen LogP contribution is -2.51. The average Bonchev–Trinajstić information content (AvgIpc) is 2.19. The Morgan fingerprint density at radius 1 is 0.867 bits per heavy atom. The van der Waals surface area contributed by atoms with Gasteiger partial charge in [-0.3, -0.25) is 0 Å². The normalized spacial score (nSPS) is 14.4. The Morgan fingerprint density at radius 2 is 1.27 bits per heavy atom. The van der Waals surface area contributed by atoms with E-state index in [0.717, 1.165) is 10.2 Å². The van der Waals surface area contributed by atoms with Crippen LogP contribution in [0.2, 0.25) is 0 Å². The summed E-state index contributed by atoms with van der Waals surface area (Å²) in [7, 11) is 0.801. The van der Waals surface area contributed by atoms with E-state index in [1.54, 1.807) is 0 Å². The van der Waals surface area contributed by atoms with E-state index in [1.165, 1.54) is 0 Å². The van der Waals surface area contributed by atoms with E-state index in [-0.39, 0.29) is 5.73 Å². The summed E-state index contributed by atoms with van der Waals surface area (Å²) in [6, 6.07) is 0. The van der Waals surface area contributed by atoms with Gasteiger partial charge >= 0.3 is 5.97 Å². The predicted molar refractivity (Wildman–Crippen MR) is 63.0 cm³/mol. The fourth-order valence-corrected chi connectivity index (χ4v) is 2.27. The second-order valence-electron chi connectivity index (χ2n) is 3.00. The molecule has 5 heteroatoms. The van der Waals surface area contributed by atoms with Crippen LogP contribution in [0.4, 0.5) is 0 Å². The molecular weight excluding hydrogens is 212 g/mol. The van der Waals surface area contributed by atoms with E-state index in [9.17, 15) is 0 Å². The van der Waals surface area contributed by atoms with Gasteiger partial charge in [-0.25, -0.2) is 0 Å². The summed E-state index contributed by atoms with van der Waals surface area (Å²) in [6.07, 6.45) is 0. The van der Waals surface area contributed by atoms with Crippen molar-refractivity contribution in [3.63, 3.8) is 0 Å². The molecule has 0 aromatic carbocycles. The molecule has 0 heterocycles. The van der Waals surface area contributed by atoms with Gasteiger partial charge in [-0.05, 0) is 27.7 Å². The molecule has 0 aromatic rings. The largest absolute Gasteiger partial charge is 0.375 e. The number of hydrogen-bond donors (Lipinski definition) is 0. The molecule has 0 radical (unpaired) electrons. The molecule has 0 bridgehead atoms. The number of hydrogen-bond acceptors (Lipinski definition) is 4. The Morgan fingerprint density at radius 3 is 1.53 bits per heavy atom. The molecule has 1 unspecified atom stereocenters. The van der Waals surface area contributed by atoms with Crippen LogP contribution in [-0.2, 0) is 18.9 Å². The molecule has 0 saturated heterocycles. The van der Waals surface area contributed by atoms with Crippen LogP contribution >= 0.6 is 0 Å². The Balaban J connectivity index is 4.57. The first kappa shape index (κ1) is 15.1. The van der Waals surface area contributed by atoms with Gasteiger partial charge in [-0.2, -0.15) is 0 Å². The van der Waals surface area contributed by atoms with Gasteiger partial charge < -0.3 is 18.9 Å².